The number of hydrogen-bond donors (Lipinski definition) is 1. The molecule has 0 aromatic carbocycles. The van der Waals surface area contributed by atoms with Crippen molar-refractivity contribution >= 4 is 5.97 Å². The van der Waals surface area contributed by atoms with Crippen LogP contribution in [-0.2, 0) is 11.2 Å². The third-order valence-electron chi connectivity index (χ3n) is 9.58. The maximum Gasteiger partial charge on any atom is 0.306 e. The monoisotopic (exact) mass is 386 g/mol. The van der Waals surface area contributed by atoms with Gasteiger partial charge in [0.15, 0.2) is 0 Å². The van der Waals surface area contributed by atoms with Crippen LogP contribution in [0.5, 0.6) is 0 Å². The number of rotatable bonds is 4. The van der Waals surface area contributed by atoms with Crippen LogP contribution < -0.4 is 0 Å². The van der Waals surface area contributed by atoms with Crippen molar-refractivity contribution in [3.05, 3.63) is 24.2 Å². The van der Waals surface area contributed by atoms with Gasteiger partial charge in [-0.2, -0.15) is 0 Å². The summed E-state index contributed by atoms with van der Waals surface area (Å²) in [5.74, 6) is 0.936. The van der Waals surface area contributed by atoms with Gasteiger partial charge in [-0.05, 0) is 97.0 Å². The number of aryl methyl sites for hydroxylation is 1. The number of carboxylic acid groups (broad SMARTS) is 1. The highest BCUT2D eigenvalue weighted by atomic mass is 16.4. The van der Waals surface area contributed by atoms with Gasteiger partial charge in [-0.15, -0.1) is 0 Å². The smallest absolute Gasteiger partial charge is 0.306 e. The lowest BCUT2D eigenvalue weighted by Gasteiger charge is -2.66. The van der Waals surface area contributed by atoms with Crippen molar-refractivity contribution in [3.63, 3.8) is 0 Å². The summed E-state index contributed by atoms with van der Waals surface area (Å²) in [5, 5.41) is 10.0. The fourth-order valence-electron chi connectivity index (χ4n) is 8.38. The van der Waals surface area contributed by atoms with E-state index in [1.54, 1.807) is 6.26 Å². The highest BCUT2D eigenvalue weighted by Crippen LogP contribution is 2.69. The molecule has 3 aliphatic rings. The van der Waals surface area contributed by atoms with Crippen molar-refractivity contribution in [3.8, 4) is 0 Å². The summed E-state index contributed by atoms with van der Waals surface area (Å²) < 4.78 is 5.25. The second-order valence-corrected chi connectivity index (χ2v) is 11.3. The van der Waals surface area contributed by atoms with E-state index in [0.717, 1.165) is 31.6 Å². The van der Waals surface area contributed by atoms with Gasteiger partial charge in [0.2, 0.25) is 0 Å². The van der Waals surface area contributed by atoms with E-state index in [2.05, 4.69) is 27.7 Å². The van der Waals surface area contributed by atoms with Gasteiger partial charge in [-0.1, -0.05) is 34.1 Å². The molecule has 3 aliphatic carbocycles. The second kappa shape index (κ2) is 6.92. The Hall–Kier alpha value is -1.25. The van der Waals surface area contributed by atoms with Crippen LogP contribution in [0, 0.1) is 39.9 Å². The first-order valence-corrected chi connectivity index (χ1v) is 11.4. The molecule has 1 aromatic heterocycles. The zero-order chi connectivity index (χ0) is 20.2. The Balaban J connectivity index is 1.66. The van der Waals surface area contributed by atoms with Gasteiger partial charge in [0.05, 0.1) is 18.4 Å². The first kappa shape index (κ1) is 20.0. The Bertz CT molecular complexity index is 705. The minimum absolute atomic E-state index is 0.143. The topological polar surface area (TPSA) is 50.4 Å². The molecule has 0 unspecified atom stereocenters. The summed E-state index contributed by atoms with van der Waals surface area (Å²) in [4.78, 5) is 12.2. The van der Waals surface area contributed by atoms with Crippen molar-refractivity contribution in [2.75, 3.05) is 0 Å². The van der Waals surface area contributed by atoms with Gasteiger partial charge in [0.25, 0.3) is 0 Å². The van der Waals surface area contributed by atoms with Crippen molar-refractivity contribution in [1.82, 2.24) is 0 Å². The van der Waals surface area contributed by atoms with Crippen LogP contribution in [0.15, 0.2) is 23.0 Å². The molecule has 1 heterocycles. The molecule has 0 saturated heterocycles. The summed E-state index contributed by atoms with van der Waals surface area (Å²) in [7, 11) is 0. The number of furan rings is 1. The van der Waals surface area contributed by atoms with E-state index in [1.807, 2.05) is 12.3 Å². The molecule has 4 rings (SSSR count). The van der Waals surface area contributed by atoms with E-state index in [-0.39, 0.29) is 17.3 Å². The molecule has 1 N–H and O–H groups in total. The van der Waals surface area contributed by atoms with Crippen molar-refractivity contribution < 1.29 is 14.3 Å². The van der Waals surface area contributed by atoms with Gasteiger partial charge < -0.3 is 9.52 Å². The Morgan fingerprint density at radius 2 is 1.86 bits per heavy atom. The summed E-state index contributed by atoms with van der Waals surface area (Å²) in [6.07, 6.45) is 13.9. The Morgan fingerprint density at radius 1 is 1.07 bits per heavy atom. The minimum atomic E-state index is -0.576. The second-order valence-electron chi connectivity index (χ2n) is 11.3. The summed E-state index contributed by atoms with van der Waals surface area (Å²) in [6.45, 7) is 9.98. The molecule has 0 bridgehead atoms. The number of aliphatic carboxylic acids is 1. The fourth-order valence-corrected chi connectivity index (χ4v) is 8.38. The molecule has 3 heteroatoms. The summed E-state index contributed by atoms with van der Waals surface area (Å²) >= 11 is 0. The predicted octanol–water partition coefficient (Wildman–Crippen LogP) is 6.57. The van der Waals surface area contributed by atoms with Gasteiger partial charge in [-0.25, -0.2) is 0 Å². The van der Waals surface area contributed by atoms with Crippen LogP contribution in [0.4, 0.5) is 0 Å². The van der Waals surface area contributed by atoms with Crippen LogP contribution in [0.3, 0.4) is 0 Å². The van der Waals surface area contributed by atoms with E-state index >= 15 is 0 Å². The van der Waals surface area contributed by atoms with E-state index < -0.39 is 5.97 Å². The van der Waals surface area contributed by atoms with E-state index in [1.165, 1.54) is 37.7 Å². The lowest BCUT2D eigenvalue weighted by atomic mass is 9.38. The first-order chi connectivity index (χ1) is 13.2. The number of fused-ring (bicyclic) bond motifs is 3. The van der Waals surface area contributed by atoms with E-state index in [4.69, 9.17) is 4.42 Å². The molecule has 0 amide bonds. The predicted molar refractivity (Wildman–Crippen MR) is 111 cm³/mol. The number of carboxylic acids is 1. The maximum atomic E-state index is 12.2. The normalized spacial score (nSPS) is 42.4. The average molecular weight is 387 g/mol. The molecule has 6 atom stereocenters. The molecule has 0 radical (unpaired) electrons. The van der Waals surface area contributed by atoms with Crippen LogP contribution in [0.1, 0.15) is 84.6 Å². The number of hydrogen-bond acceptors (Lipinski definition) is 2. The Labute approximate surface area is 170 Å². The van der Waals surface area contributed by atoms with E-state index in [0.29, 0.717) is 16.7 Å². The van der Waals surface area contributed by atoms with Gasteiger partial charge in [0.1, 0.15) is 0 Å². The lowest BCUT2D eigenvalue weighted by molar-refractivity contribution is -0.185. The average Bonchev–Trinajstić information content (AvgIpc) is 3.12. The molecule has 3 nitrogen and oxygen atoms in total. The maximum absolute atomic E-state index is 12.2. The van der Waals surface area contributed by atoms with Gasteiger partial charge in [0, 0.05) is 0 Å². The SMILES string of the molecule is CC1(C)CCC[C@]2(C)[C@H]3CC[C@@H](C(=O)O)[C@H](CCc4ccoc4)[C@@]3(C)CC[C@@H]12. The van der Waals surface area contributed by atoms with Crippen molar-refractivity contribution in [2.24, 2.45) is 39.9 Å². The lowest BCUT2D eigenvalue weighted by Crippen LogP contribution is -2.59. The minimum Gasteiger partial charge on any atom is -0.481 e. The molecule has 156 valence electrons. The highest BCUT2D eigenvalue weighted by Gasteiger charge is 2.62. The molecular formula is C25H38O3. The quantitative estimate of drug-likeness (QED) is 0.636. The van der Waals surface area contributed by atoms with Crippen LogP contribution in [-0.4, -0.2) is 11.1 Å². The molecule has 0 spiro atoms. The number of carbonyl (C=O) groups is 1. The largest absolute Gasteiger partial charge is 0.481 e. The Kier molecular flexibility index (Phi) is 4.95. The molecule has 0 aliphatic heterocycles. The standard InChI is InChI=1S/C25H38O3/c1-23(2)12-5-13-25(4)20(23)10-14-24(3)19(8-6-17-11-15-28-16-17)18(22(26)27)7-9-21(24)25/h11,15-16,18-21H,5-10,12-14H2,1-4H3,(H,26,27)/t18-,19+,20+,21+,24-,25+/m1/s1. The van der Waals surface area contributed by atoms with Gasteiger partial charge >= 0.3 is 5.97 Å². The molecule has 3 fully saturated rings. The zero-order valence-electron chi connectivity index (χ0n) is 18.2. The molecular weight excluding hydrogens is 348 g/mol. The van der Waals surface area contributed by atoms with Crippen molar-refractivity contribution in [1.29, 1.82) is 0 Å². The Morgan fingerprint density at radius 3 is 2.54 bits per heavy atom. The molecule has 3 saturated carbocycles. The third-order valence-corrected chi connectivity index (χ3v) is 9.58. The fraction of sp³-hybridized carbons (Fsp3) is 0.800. The summed E-state index contributed by atoms with van der Waals surface area (Å²) in [5.41, 5.74) is 2.13. The van der Waals surface area contributed by atoms with Crippen LogP contribution in [0.2, 0.25) is 0 Å². The molecule has 28 heavy (non-hydrogen) atoms. The van der Waals surface area contributed by atoms with Gasteiger partial charge in [-0.3, -0.25) is 4.79 Å². The molecule has 1 aromatic rings. The summed E-state index contributed by atoms with van der Waals surface area (Å²) in [6, 6.07) is 2.03. The van der Waals surface area contributed by atoms with E-state index in [9.17, 15) is 9.90 Å². The van der Waals surface area contributed by atoms with Crippen LogP contribution in [0.25, 0.3) is 0 Å². The van der Waals surface area contributed by atoms with Crippen LogP contribution >= 0.6 is 0 Å². The highest BCUT2D eigenvalue weighted by molar-refractivity contribution is 5.70. The first-order valence-electron chi connectivity index (χ1n) is 11.4. The van der Waals surface area contributed by atoms with Crippen molar-refractivity contribution in [2.45, 2.75) is 85.5 Å². The zero-order valence-corrected chi connectivity index (χ0v) is 18.2. The third kappa shape index (κ3) is 3.04.